The zero-order chi connectivity index (χ0) is 16.4. The lowest BCUT2D eigenvalue weighted by Crippen LogP contribution is -2.58. The molecule has 1 aromatic carbocycles. The number of pyridine rings is 1. The largest absolute Gasteiger partial charge is 0.389 e. The van der Waals surface area contributed by atoms with Crippen LogP contribution in [0.25, 0.3) is 0 Å². The van der Waals surface area contributed by atoms with Gasteiger partial charge in [-0.1, -0.05) is 42.8 Å². The van der Waals surface area contributed by atoms with Crippen molar-refractivity contribution in [3.8, 4) is 0 Å². The lowest BCUT2D eigenvalue weighted by Gasteiger charge is -2.52. The number of aliphatic hydroxyl groups is 1. The second kappa shape index (κ2) is 6.66. The van der Waals surface area contributed by atoms with Gasteiger partial charge in [0.25, 0.3) is 0 Å². The Morgan fingerprint density at radius 1 is 1.00 bits per heavy atom. The van der Waals surface area contributed by atoms with Crippen molar-refractivity contribution >= 4 is 0 Å². The Labute approximate surface area is 144 Å². The fraction of sp³-hybridized carbons (Fsp3) is 0.476. The molecular formula is C21H26N2O. The van der Waals surface area contributed by atoms with E-state index in [0.29, 0.717) is 18.5 Å². The van der Waals surface area contributed by atoms with Gasteiger partial charge in [-0.05, 0) is 43.4 Å². The molecule has 1 aromatic heterocycles. The summed E-state index contributed by atoms with van der Waals surface area (Å²) in [5, 5.41) is 11.2. The zero-order valence-corrected chi connectivity index (χ0v) is 14.1. The molecule has 2 saturated heterocycles. The zero-order valence-electron chi connectivity index (χ0n) is 14.1. The number of rotatable bonds is 4. The summed E-state index contributed by atoms with van der Waals surface area (Å²) < 4.78 is 0. The number of nitrogens with zero attached hydrogens (tertiary/aromatic N) is 2. The minimum absolute atomic E-state index is 0.492. The Kier molecular flexibility index (Phi) is 4.38. The minimum atomic E-state index is -0.600. The van der Waals surface area contributed by atoms with Crippen molar-refractivity contribution < 1.29 is 5.11 Å². The molecule has 0 radical (unpaired) electrons. The Bertz CT molecular complexity index is 644. The highest BCUT2D eigenvalue weighted by atomic mass is 16.3. The molecule has 0 amide bonds. The van der Waals surface area contributed by atoms with Gasteiger partial charge in [0.2, 0.25) is 0 Å². The molecule has 24 heavy (non-hydrogen) atoms. The van der Waals surface area contributed by atoms with Gasteiger partial charge in [-0.15, -0.1) is 0 Å². The highest BCUT2D eigenvalue weighted by Crippen LogP contribution is 2.41. The van der Waals surface area contributed by atoms with Crippen LogP contribution >= 0.6 is 0 Å². The number of piperidine rings is 2. The van der Waals surface area contributed by atoms with Gasteiger partial charge in [0.1, 0.15) is 0 Å². The van der Waals surface area contributed by atoms with Crippen LogP contribution in [0, 0.1) is 0 Å². The maximum Gasteiger partial charge on any atom is 0.0732 e. The lowest BCUT2D eigenvalue weighted by molar-refractivity contribution is -0.0950. The van der Waals surface area contributed by atoms with E-state index in [1.165, 1.54) is 24.8 Å². The predicted molar refractivity (Wildman–Crippen MR) is 95.5 cm³/mol. The van der Waals surface area contributed by atoms with E-state index < -0.39 is 5.60 Å². The number of fused-ring (bicyclic) bond motifs is 2. The first-order valence-electron chi connectivity index (χ1n) is 9.14. The molecule has 0 aliphatic carbocycles. The quantitative estimate of drug-likeness (QED) is 0.935. The lowest BCUT2D eigenvalue weighted by atomic mass is 9.73. The molecule has 0 spiro atoms. The standard InChI is InChI=1S/C21H26N2O/c24-21(13-18-9-4-5-12-22-18)14-19-10-6-11-20(15-21)23(19)16-17-7-2-1-3-8-17/h1-5,7-9,12,19-20,24H,6,10-11,13-16H2. The Morgan fingerprint density at radius 2 is 1.71 bits per heavy atom. The van der Waals surface area contributed by atoms with Crippen molar-refractivity contribution in [1.29, 1.82) is 0 Å². The molecule has 2 aromatic rings. The van der Waals surface area contributed by atoms with Crippen LogP contribution in [0.15, 0.2) is 54.7 Å². The summed E-state index contributed by atoms with van der Waals surface area (Å²) in [5.74, 6) is 0. The summed E-state index contributed by atoms with van der Waals surface area (Å²) in [6.07, 6.45) is 7.94. The van der Waals surface area contributed by atoms with E-state index in [0.717, 1.165) is 25.1 Å². The SMILES string of the molecule is OC1(Cc2ccccn2)CC2CCCC(C1)N2Cc1ccccc1. The van der Waals surface area contributed by atoms with E-state index in [-0.39, 0.29) is 0 Å². The first kappa shape index (κ1) is 15.8. The second-order valence-electron chi connectivity index (χ2n) is 7.53. The predicted octanol–water partition coefficient (Wildman–Crippen LogP) is 3.57. The van der Waals surface area contributed by atoms with Crippen LogP contribution in [0.4, 0.5) is 0 Å². The molecule has 1 N–H and O–H groups in total. The van der Waals surface area contributed by atoms with E-state index in [9.17, 15) is 5.11 Å². The third kappa shape index (κ3) is 3.38. The van der Waals surface area contributed by atoms with Crippen LogP contribution in [-0.2, 0) is 13.0 Å². The van der Waals surface area contributed by atoms with Crippen LogP contribution in [-0.4, -0.2) is 32.7 Å². The van der Waals surface area contributed by atoms with Crippen LogP contribution in [0.1, 0.15) is 43.4 Å². The molecule has 126 valence electrons. The molecule has 2 unspecified atom stereocenters. The Morgan fingerprint density at radius 3 is 2.38 bits per heavy atom. The fourth-order valence-electron chi connectivity index (χ4n) is 4.65. The molecule has 3 nitrogen and oxygen atoms in total. The molecule has 2 fully saturated rings. The molecule has 2 bridgehead atoms. The molecular weight excluding hydrogens is 296 g/mol. The topological polar surface area (TPSA) is 36.4 Å². The summed E-state index contributed by atoms with van der Waals surface area (Å²) in [7, 11) is 0. The normalized spacial score (nSPS) is 30.2. The highest BCUT2D eigenvalue weighted by molar-refractivity contribution is 5.16. The molecule has 2 aliphatic rings. The van der Waals surface area contributed by atoms with Crippen molar-refractivity contribution in [3.63, 3.8) is 0 Å². The Balaban J connectivity index is 1.50. The average Bonchev–Trinajstić information content (AvgIpc) is 2.58. The van der Waals surface area contributed by atoms with E-state index >= 15 is 0 Å². The summed E-state index contributed by atoms with van der Waals surface area (Å²) in [5.41, 5.74) is 1.79. The van der Waals surface area contributed by atoms with E-state index in [1.807, 2.05) is 24.4 Å². The molecule has 2 atom stereocenters. The van der Waals surface area contributed by atoms with Crippen LogP contribution in [0.2, 0.25) is 0 Å². The summed E-state index contributed by atoms with van der Waals surface area (Å²) >= 11 is 0. The summed E-state index contributed by atoms with van der Waals surface area (Å²) in [6.45, 7) is 1.01. The number of aromatic nitrogens is 1. The van der Waals surface area contributed by atoms with Crippen molar-refractivity contribution in [3.05, 3.63) is 66.0 Å². The van der Waals surface area contributed by atoms with Gasteiger partial charge in [0, 0.05) is 36.9 Å². The second-order valence-corrected chi connectivity index (χ2v) is 7.53. The van der Waals surface area contributed by atoms with Gasteiger partial charge in [-0.3, -0.25) is 9.88 Å². The first-order valence-corrected chi connectivity index (χ1v) is 9.14. The molecule has 3 heteroatoms. The van der Waals surface area contributed by atoms with Crippen LogP contribution < -0.4 is 0 Å². The molecule has 0 saturated carbocycles. The third-order valence-corrected chi connectivity index (χ3v) is 5.69. The third-order valence-electron chi connectivity index (χ3n) is 5.69. The van der Waals surface area contributed by atoms with E-state index in [2.05, 4.69) is 40.2 Å². The number of benzene rings is 1. The number of hydrogen-bond donors (Lipinski definition) is 1. The van der Waals surface area contributed by atoms with Gasteiger partial charge in [-0.2, -0.15) is 0 Å². The molecule has 2 aliphatic heterocycles. The van der Waals surface area contributed by atoms with Gasteiger partial charge >= 0.3 is 0 Å². The van der Waals surface area contributed by atoms with Crippen molar-refractivity contribution in [2.45, 2.75) is 62.8 Å². The first-order chi connectivity index (χ1) is 11.7. The van der Waals surface area contributed by atoms with Crippen molar-refractivity contribution in [1.82, 2.24) is 9.88 Å². The molecule has 3 heterocycles. The van der Waals surface area contributed by atoms with E-state index in [4.69, 9.17) is 0 Å². The summed E-state index contributed by atoms with van der Waals surface area (Å²) in [4.78, 5) is 7.07. The van der Waals surface area contributed by atoms with Gasteiger partial charge in [0.05, 0.1) is 5.60 Å². The molecule has 4 rings (SSSR count). The highest BCUT2D eigenvalue weighted by Gasteiger charge is 2.45. The van der Waals surface area contributed by atoms with Gasteiger partial charge in [-0.25, -0.2) is 0 Å². The van der Waals surface area contributed by atoms with Gasteiger partial charge in [0.15, 0.2) is 0 Å². The fourth-order valence-corrected chi connectivity index (χ4v) is 4.65. The maximum absolute atomic E-state index is 11.2. The van der Waals surface area contributed by atoms with Crippen LogP contribution in [0.3, 0.4) is 0 Å². The number of hydrogen-bond acceptors (Lipinski definition) is 3. The van der Waals surface area contributed by atoms with Crippen molar-refractivity contribution in [2.75, 3.05) is 0 Å². The van der Waals surface area contributed by atoms with Crippen molar-refractivity contribution in [2.24, 2.45) is 0 Å². The summed E-state index contributed by atoms with van der Waals surface area (Å²) in [6, 6.07) is 17.7. The average molecular weight is 322 g/mol. The Hall–Kier alpha value is -1.71. The maximum atomic E-state index is 11.2. The van der Waals surface area contributed by atoms with Crippen LogP contribution in [0.5, 0.6) is 0 Å². The monoisotopic (exact) mass is 322 g/mol. The smallest absolute Gasteiger partial charge is 0.0732 e. The van der Waals surface area contributed by atoms with E-state index in [1.54, 1.807) is 0 Å². The van der Waals surface area contributed by atoms with Gasteiger partial charge < -0.3 is 5.11 Å². The minimum Gasteiger partial charge on any atom is -0.389 e.